The highest BCUT2D eigenvalue weighted by Crippen LogP contribution is 2.42. The molecule has 3 aromatic heterocycles. The Morgan fingerprint density at radius 3 is 2.40 bits per heavy atom. The van der Waals surface area contributed by atoms with Crippen LogP contribution in [0.4, 0.5) is 0 Å². The number of rotatable bonds is 2. The minimum absolute atomic E-state index is 0.0280. The van der Waals surface area contributed by atoms with Crippen molar-refractivity contribution >= 4 is 11.4 Å². The lowest BCUT2D eigenvalue weighted by molar-refractivity contribution is 0.455. The topological polar surface area (TPSA) is 74.7 Å². The summed E-state index contributed by atoms with van der Waals surface area (Å²) in [4.78, 5) is 7.32. The van der Waals surface area contributed by atoms with E-state index in [4.69, 9.17) is 8.83 Å². The fourth-order valence-electron chi connectivity index (χ4n) is 2.45. The van der Waals surface area contributed by atoms with Crippen molar-refractivity contribution in [3.63, 3.8) is 0 Å². The van der Waals surface area contributed by atoms with Gasteiger partial charge in [-0.3, -0.25) is 0 Å². The van der Waals surface area contributed by atoms with E-state index in [1.54, 1.807) is 30.7 Å². The molecule has 0 aliphatic carbocycles. The second-order valence-corrected chi connectivity index (χ2v) is 4.46. The number of aliphatic imine (C=N–C) groups is 1. The number of furan rings is 2. The molecule has 5 nitrogen and oxygen atoms in total. The highest BCUT2D eigenvalue weighted by atomic mass is 16.3. The number of aromatic nitrogens is 1. The second kappa shape index (κ2) is 3.77. The molecule has 0 radical (unpaired) electrons. The first kappa shape index (κ1) is 10.9. The van der Waals surface area contributed by atoms with Gasteiger partial charge in [0.2, 0.25) is 0 Å². The van der Waals surface area contributed by atoms with Gasteiger partial charge in [0.25, 0.3) is 0 Å². The Labute approximate surface area is 113 Å². The quantitative estimate of drug-likeness (QED) is 0.746. The van der Waals surface area contributed by atoms with Gasteiger partial charge in [-0.2, -0.15) is 0 Å². The molecule has 0 atom stereocenters. The third-order valence-electron chi connectivity index (χ3n) is 3.27. The summed E-state index contributed by atoms with van der Waals surface area (Å²) in [5.41, 5.74) is 3.13. The number of H-pyrrole nitrogens is 1. The van der Waals surface area contributed by atoms with E-state index in [2.05, 4.69) is 16.6 Å². The molecule has 0 aromatic carbocycles. The molecule has 4 rings (SSSR count). The van der Waals surface area contributed by atoms with Gasteiger partial charge in [0.1, 0.15) is 5.71 Å². The van der Waals surface area contributed by atoms with Gasteiger partial charge >= 0.3 is 0 Å². The largest absolute Gasteiger partial charge is 0.494 e. The molecule has 0 unspecified atom stereocenters. The summed E-state index contributed by atoms with van der Waals surface area (Å²) in [5, 5.41) is 10.2. The number of nitrogens with one attached hydrogen (secondary N) is 1. The van der Waals surface area contributed by atoms with Crippen LogP contribution in [0, 0.1) is 0 Å². The lowest BCUT2D eigenvalue weighted by atomic mass is 10.1. The zero-order valence-corrected chi connectivity index (χ0v) is 10.4. The van der Waals surface area contributed by atoms with E-state index in [-0.39, 0.29) is 5.88 Å². The zero-order chi connectivity index (χ0) is 13.7. The van der Waals surface area contributed by atoms with Crippen LogP contribution < -0.4 is 0 Å². The van der Waals surface area contributed by atoms with E-state index < -0.39 is 0 Å². The zero-order valence-electron chi connectivity index (χ0n) is 10.4. The summed E-state index contributed by atoms with van der Waals surface area (Å²) >= 11 is 0. The van der Waals surface area contributed by atoms with Gasteiger partial charge in [-0.15, -0.1) is 0 Å². The molecule has 0 bridgehead atoms. The van der Waals surface area contributed by atoms with Crippen molar-refractivity contribution in [2.75, 3.05) is 0 Å². The lowest BCUT2D eigenvalue weighted by Gasteiger charge is -1.96. The maximum Gasteiger partial charge on any atom is 0.199 e. The van der Waals surface area contributed by atoms with Crippen LogP contribution in [0.3, 0.4) is 0 Å². The highest BCUT2D eigenvalue weighted by Gasteiger charge is 2.32. The van der Waals surface area contributed by atoms with Crippen LogP contribution in [0.1, 0.15) is 16.9 Å². The molecule has 98 valence electrons. The lowest BCUT2D eigenvalue weighted by Crippen LogP contribution is -1.97. The molecule has 4 heterocycles. The van der Waals surface area contributed by atoms with E-state index >= 15 is 0 Å². The van der Waals surface area contributed by atoms with Crippen molar-refractivity contribution in [1.82, 2.24) is 4.98 Å². The molecule has 2 N–H and O–H groups in total. The van der Waals surface area contributed by atoms with Gasteiger partial charge < -0.3 is 18.9 Å². The van der Waals surface area contributed by atoms with Crippen LogP contribution >= 0.6 is 0 Å². The molecule has 0 spiro atoms. The maximum absolute atomic E-state index is 10.2. The molecule has 1 aliphatic rings. The van der Waals surface area contributed by atoms with Crippen LogP contribution in [-0.2, 0) is 0 Å². The Morgan fingerprint density at radius 2 is 1.75 bits per heavy atom. The Hall–Kier alpha value is -2.95. The Morgan fingerprint density at radius 1 is 1.05 bits per heavy atom. The Kier molecular flexibility index (Phi) is 2.06. The minimum Gasteiger partial charge on any atom is -0.494 e. The van der Waals surface area contributed by atoms with Crippen LogP contribution in [0.25, 0.3) is 17.2 Å². The van der Waals surface area contributed by atoms with E-state index in [9.17, 15) is 5.11 Å². The van der Waals surface area contributed by atoms with Crippen molar-refractivity contribution in [2.24, 2.45) is 4.99 Å². The Balaban J connectivity index is 1.95. The molecule has 0 fully saturated rings. The predicted octanol–water partition coefficient (Wildman–Crippen LogP) is 3.40. The average Bonchev–Trinajstić information content (AvgIpc) is 3.17. The molecule has 1 aliphatic heterocycles. The maximum atomic E-state index is 10.2. The van der Waals surface area contributed by atoms with Crippen molar-refractivity contribution in [3.8, 4) is 17.3 Å². The fraction of sp³-hybridized carbons (Fsp3) is 0. The molecular weight excluding hydrogens is 256 g/mol. The summed E-state index contributed by atoms with van der Waals surface area (Å²) in [6, 6.07) is 7.16. The number of fused-ring (bicyclic) bond motifs is 1. The normalized spacial score (nSPS) is 13.6. The van der Waals surface area contributed by atoms with Gasteiger partial charge in [-0.1, -0.05) is 6.58 Å². The SMILES string of the molecule is C=C1N=C(c2ccco2)c2c(O)[nH]c(-c3ccco3)c21. The Bertz CT molecular complexity index is 821. The molecular formula is C15H10N2O3. The molecule has 0 saturated carbocycles. The van der Waals surface area contributed by atoms with Gasteiger partial charge in [0.05, 0.1) is 29.5 Å². The van der Waals surface area contributed by atoms with Crippen LogP contribution in [0.5, 0.6) is 5.88 Å². The monoisotopic (exact) mass is 266 g/mol. The van der Waals surface area contributed by atoms with Crippen LogP contribution in [-0.4, -0.2) is 15.8 Å². The van der Waals surface area contributed by atoms with Gasteiger partial charge in [-0.25, -0.2) is 4.99 Å². The van der Waals surface area contributed by atoms with Gasteiger partial charge in [-0.05, 0) is 24.3 Å². The smallest absolute Gasteiger partial charge is 0.199 e. The number of hydrogen-bond acceptors (Lipinski definition) is 4. The van der Waals surface area contributed by atoms with Crippen LogP contribution in [0.2, 0.25) is 0 Å². The number of aromatic hydroxyl groups is 1. The average molecular weight is 266 g/mol. The first-order valence-corrected chi connectivity index (χ1v) is 6.06. The summed E-state index contributed by atoms with van der Waals surface area (Å²) in [7, 11) is 0. The molecule has 0 amide bonds. The third-order valence-corrected chi connectivity index (χ3v) is 3.27. The summed E-state index contributed by atoms with van der Waals surface area (Å²) in [6.07, 6.45) is 3.14. The number of hydrogen-bond donors (Lipinski definition) is 2. The number of nitrogens with zero attached hydrogens (tertiary/aromatic N) is 1. The van der Waals surface area contributed by atoms with Crippen molar-refractivity contribution in [1.29, 1.82) is 0 Å². The third kappa shape index (κ3) is 1.34. The predicted molar refractivity (Wildman–Crippen MR) is 73.5 cm³/mol. The highest BCUT2D eigenvalue weighted by molar-refractivity contribution is 6.21. The molecule has 20 heavy (non-hydrogen) atoms. The minimum atomic E-state index is 0.0280. The van der Waals surface area contributed by atoms with Crippen molar-refractivity contribution < 1.29 is 13.9 Å². The molecule has 5 heteroatoms. The van der Waals surface area contributed by atoms with Crippen LogP contribution in [0.15, 0.2) is 57.2 Å². The molecule has 3 aromatic rings. The number of aromatic amines is 1. The standard InChI is InChI=1S/C15H10N2O3/c1-8-11-12(14(16-8)10-5-3-7-20-10)15(18)17-13(11)9-4-2-6-19-9/h2-7,17-18H,1H2. The summed E-state index contributed by atoms with van der Waals surface area (Å²) < 4.78 is 10.7. The first-order chi connectivity index (χ1) is 9.75. The van der Waals surface area contributed by atoms with Crippen molar-refractivity contribution in [3.05, 3.63) is 60.3 Å². The fourth-order valence-corrected chi connectivity index (χ4v) is 2.45. The van der Waals surface area contributed by atoms with E-state index in [0.29, 0.717) is 34.2 Å². The van der Waals surface area contributed by atoms with Crippen molar-refractivity contribution in [2.45, 2.75) is 0 Å². The van der Waals surface area contributed by atoms with Gasteiger partial charge in [0, 0.05) is 5.56 Å². The summed E-state index contributed by atoms with van der Waals surface area (Å²) in [6.45, 7) is 3.94. The van der Waals surface area contributed by atoms with E-state index in [1.165, 1.54) is 0 Å². The molecule has 0 saturated heterocycles. The second-order valence-electron chi connectivity index (χ2n) is 4.46. The summed E-state index contributed by atoms with van der Waals surface area (Å²) in [5.74, 6) is 1.24. The van der Waals surface area contributed by atoms with Gasteiger partial charge in [0.15, 0.2) is 17.4 Å². The van der Waals surface area contributed by atoms with E-state index in [1.807, 2.05) is 6.07 Å². The first-order valence-electron chi connectivity index (χ1n) is 6.06. The van der Waals surface area contributed by atoms with E-state index in [0.717, 1.165) is 5.56 Å².